The molecule has 8 nitrogen and oxygen atoms in total. The highest BCUT2D eigenvalue weighted by Crippen LogP contribution is 2.31. The maximum absolute atomic E-state index is 13.2. The van der Waals surface area contributed by atoms with Crippen molar-refractivity contribution in [2.24, 2.45) is 0 Å². The summed E-state index contributed by atoms with van der Waals surface area (Å²) in [5.74, 6) is -1.26. The Kier molecular flexibility index (Phi) is 8.05. The number of phenols is 1. The second-order valence-corrected chi connectivity index (χ2v) is 9.57. The molecular weight excluding hydrogens is 520 g/mol. The van der Waals surface area contributed by atoms with Gasteiger partial charge in [-0.2, -0.15) is 0 Å². The molecule has 1 aromatic heterocycles. The summed E-state index contributed by atoms with van der Waals surface area (Å²) in [6.45, 7) is 0. The SMILES string of the molecule is COC(=O)[C@H](Cc1ccc(O)cc1)NC(=O)c1cc(C(O)O)c2cc(-c3cccc(-c4ccccc4)c3)ccc2n1. The van der Waals surface area contributed by atoms with E-state index in [9.17, 15) is 24.9 Å². The number of carbonyl (C=O) groups is 2. The van der Waals surface area contributed by atoms with Crippen LogP contribution in [0.5, 0.6) is 5.75 Å². The second kappa shape index (κ2) is 12.0. The number of nitrogens with one attached hydrogen (secondary N) is 1. The van der Waals surface area contributed by atoms with Gasteiger partial charge in [0.2, 0.25) is 0 Å². The van der Waals surface area contributed by atoms with Crippen molar-refractivity contribution < 1.29 is 29.6 Å². The van der Waals surface area contributed by atoms with Gasteiger partial charge in [-0.25, -0.2) is 9.78 Å². The predicted octanol–water partition coefficient (Wildman–Crippen LogP) is 4.77. The van der Waals surface area contributed by atoms with Gasteiger partial charge in [0.25, 0.3) is 5.91 Å². The Morgan fingerprint density at radius 3 is 2.15 bits per heavy atom. The fraction of sp³-hybridized carbons (Fsp3) is 0.121. The minimum atomic E-state index is -1.87. The van der Waals surface area contributed by atoms with E-state index in [0.29, 0.717) is 16.5 Å². The second-order valence-electron chi connectivity index (χ2n) is 9.57. The molecule has 0 aliphatic heterocycles. The number of carbonyl (C=O) groups excluding carboxylic acids is 2. The number of amides is 1. The van der Waals surface area contributed by atoms with Gasteiger partial charge < -0.3 is 25.4 Å². The van der Waals surface area contributed by atoms with Crippen LogP contribution >= 0.6 is 0 Å². The molecule has 5 aromatic rings. The summed E-state index contributed by atoms with van der Waals surface area (Å²) in [5, 5.41) is 33.1. The highest BCUT2D eigenvalue weighted by Gasteiger charge is 2.24. The first-order valence-corrected chi connectivity index (χ1v) is 13.0. The molecule has 0 aliphatic rings. The molecule has 0 aliphatic carbocycles. The Bertz CT molecular complexity index is 1700. The zero-order valence-corrected chi connectivity index (χ0v) is 22.2. The molecule has 0 saturated heterocycles. The average Bonchev–Trinajstić information content (AvgIpc) is 3.00. The number of aromatic nitrogens is 1. The van der Waals surface area contributed by atoms with Crippen LogP contribution in [0.25, 0.3) is 33.2 Å². The molecule has 206 valence electrons. The Hall–Kier alpha value is -5.05. The summed E-state index contributed by atoms with van der Waals surface area (Å²) in [4.78, 5) is 30.1. The summed E-state index contributed by atoms with van der Waals surface area (Å²) in [7, 11) is 1.22. The number of hydrogen-bond acceptors (Lipinski definition) is 7. The molecule has 4 aromatic carbocycles. The number of methoxy groups -OCH3 is 1. The Morgan fingerprint density at radius 2 is 1.46 bits per heavy atom. The van der Waals surface area contributed by atoms with Crippen molar-refractivity contribution in [3.8, 4) is 28.0 Å². The van der Waals surface area contributed by atoms with Gasteiger partial charge in [0.05, 0.1) is 12.6 Å². The summed E-state index contributed by atoms with van der Waals surface area (Å²) in [5.41, 5.74) is 5.00. The number of fused-ring (bicyclic) bond motifs is 1. The Morgan fingerprint density at radius 1 is 0.805 bits per heavy atom. The van der Waals surface area contributed by atoms with Crippen LogP contribution in [0.3, 0.4) is 0 Å². The third-order valence-corrected chi connectivity index (χ3v) is 6.82. The number of aliphatic hydroxyl groups is 2. The molecule has 0 bridgehead atoms. The van der Waals surface area contributed by atoms with E-state index < -0.39 is 24.2 Å². The van der Waals surface area contributed by atoms with Crippen molar-refractivity contribution in [1.82, 2.24) is 10.3 Å². The van der Waals surface area contributed by atoms with Crippen molar-refractivity contribution in [2.75, 3.05) is 7.11 Å². The van der Waals surface area contributed by atoms with Crippen molar-refractivity contribution in [3.63, 3.8) is 0 Å². The number of nitrogens with zero attached hydrogens (tertiary/aromatic N) is 1. The van der Waals surface area contributed by atoms with E-state index in [1.165, 1.54) is 25.3 Å². The first-order valence-electron chi connectivity index (χ1n) is 13.0. The number of aliphatic hydroxyl groups excluding tert-OH is 1. The standard InChI is InChI=1S/C33H28N2O6/c1-41-33(40)30(16-20-10-13-25(36)14-11-20)35-31(37)29-19-27(32(38)39)26-18-24(12-15-28(26)34-29)23-9-5-8-22(17-23)21-6-3-2-4-7-21/h2-15,17-19,30,32,36,38-39H,16H2,1H3,(H,35,37)/t30-/m0/s1. The van der Waals surface area contributed by atoms with E-state index in [0.717, 1.165) is 22.3 Å². The lowest BCUT2D eigenvalue weighted by Gasteiger charge is -2.18. The van der Waals surface area contributed by atoms with Crippen LogP contribution in [0.1, 0.15) is 27.9 Å². The quantitative estimate of drug-likeness (QED) is 0.162. The molecule has 0 radical (unpaired) electrons. The van der Waals surface area contributed by atoms with Crippen LogP contribution < -0.4 is 5.32 Å². The van der Waals surface area contributed by atoms with Crippen LogP contribution in [-0.4, -0.2) is 45.3 Å². The summed E-state index contributed by atoms with van der Waals surface area (Å²) in [6, 6.07) is 29.9. The monoisotopic (exact) mass is 548 g/mol. The number of hydrogen-bond donors (Lipinski definition) is 4. The van der Waals surface area contributed by atoms with Crippen molar-refractivity contribution in [3.05, 3.63) is 120 Å². The first kappa shape index (κ1) is 27.5. The maximum Gasteiger partial charge on any atom is 0.328 e. The van der Waals surface area contributed by atoms with Gasteiger partial charge in [0.1, 0.15) is 17.5 Å². The minimum Gasteiger partial charge on any atom is -0.508 e. The van der Waals surface area contributed by atoms with Gasteiger partial charge in [0.15, 0.2) is 6.29 Å². The van der Waals surface area contributed by atoms with Crippen LogP contribution in [0.2, 0.25) is 0 Å². The van der Waals surface area contributed by atoms with Gasteiger partial charge in [-0.3, -0.25) is 4.79 Å². The molecule has 0 spiro atoms. The minimum absolute atomic E-state index is 0.0786. The molecule has 1 atom stereocenters. The number of pyridine rings is 1. The molecule has 0 saturated carbocycles. The largest absolute Gasteiger partial charge is 0.508 e. The summed E-state index contributed by atoms with van der Waals surface area (Å²) >= 11 is 0. The van der Waals surface area contributed by atoms with Crippen LogP contribution in [-0.2, 0) is 16.0 Å². The van der Waals surface area contributed by atoms with Gasteiger partial charge in [0, 0.05) is 17.4 Å². The lowest BCUT2D eigenvalue weighted by Crippen LogP contribution is -2.43. The molecule has 5 rings (SSSR count). The van der Waals surface area contributed by atoms with Gasteiger partial charge in [-0.05, 0) is 64.2 Å². The van der Waals surface area contributed by atoms with E-state index in [4.69, 9.17) is 4.74 Å². The Balaban J connectivity index is 1.46. The lowest BCUT2D eigenvalue weighted by atomic mass is 9.96. The number of aromatic hydroxyl groups is 1. The fourth-order valence-corrected chi connectivity index (χ4v) is 4.71. The van der Waals surface area contributed by atoms with E-state index >= 15 is 0 Å². The number of rotatable bonds is 8. The number of esters is 1. The number of ether oxygens (including phenoxy) is 1. The van der Waals surface area contributed by atoms with E-state index in [1.54, 1.807) is 18.2 Å². The van der Waals surface area contributed by atoms with E-state index in [-0.39, 0.29) is 23.4 Å². The highest BCUT2D eigenvalue weighted by atomic mass is 16.5. The van der Waals surface area contributed by atoms with Crippen molar-refractivity contribution in [2.45, 2.75) is 18.8 Å². The molecule has 4 N–H and O–H groups in total. The van der Waals surface area contributed by atoms with E-state index in [1.807, 2.05) is 60.7 Å². The molecule has 0 fully saturated rings. The molecule has 8 heteroatoms. The normalized spacial score (nSPS) is 11.8. The third-order valence-electron chi connectivity index (χ3n) is 6.82. The lowest BCUT2D eigenvalue weighted by molar-refractivity contribution is -0.142. The summed E-state index contributed by atoms with van der Waals surface area (Å²) < 4.78 is 4.87. The fourth-order valence-electron chi connectivity index (χ4n) is 4.71. The smallest absolute Gasteiger partial charge is 0.328 e. The van der Waals surface area contributed by atoms with Crippen LogP contribution in [0, 0.1) is 0 Å². The zero-order valence-electron chi connectivity index (χ0n) is 22.2. The summed E-state index contributed by atoms with van der Waals surface area (Å²) in [6.07, 6.45) is -1.75. The molecule has 0 unspecified atom stereocenters. The molecular formula is C33H28N2O6. The van der Waals surface area contributed by atoms with Crippen molar-refractivity contribution in [1.29, 1.82) is 0 Å². The predicted molar refractivity (Wildman–Crippen MR) is 155 cm³/mol. The number of phenolic OH excluding ortho intramolecular Hbond substituents is 1. The van der Waals surface area contributed by atoms with Crippen LogP contribution in [0.15, 0.2) is 103 Å². The highest BCUT2D eigenvalue weighted by molar-refractivity contribution is 5.98. The maximum atomic E-state index is 13.2. The topological polar surface area (TPSA) is 129 Å². The molecule has 41 heavy (non-hydrogen) atoms. The molecule has 1 amide bonds. The van der Waals surface area contributed by atoms with Crippen LogP contribution in [0.4, 0.5) is 0 Å². The van der Waals surface area contributed by atoms with Gasteiger partial charge in [-0.1, -0.05) is 66.7 Å². The van der Waals surface area contributed by atoms with Crippen molar-refractivity contribution >= 4 is 22.8 Å². The Labute approximate surface area is 236 Å². The first-order chi connectivity index (χ1) is 19.8. The zero-order chi connectivity index (χ0) is 28.9. The van der Waals surface area contributed by atoms with Gasteiger partial charge in [-0.15, -0.1) is 0 Å². The van der Waals surface area contributed by atoms with Gasteiger partial charge >= 0.3 is 5.97 Å². The molecule has 1 heterocycles. The van der Waals surface area contributed by atoms with E-state index in [2.05, 4.69) is 16.4 Å². The number of benzene rings is 4. The third kappa shape index (κ3) is 6.24. The average molecular weight is 549 g/mol.